The number of nitrogens with zero attached hydrogens (tertiary/aromatic N) is 2. The minimum absolute atomic E-state index is 0.351. The van der Waals surface area contributed by atoms with Crippen molar-refractivity contribution in [3.63, 3.8) is 0 Å². The molecular weight excluding hydrogens is 162 g/mol. The van der Waals surface area contributed by atoms with E-state index in [0.29, 0.717) is 6.04 Å². The van der Waals surface area contributed by atoms with Gasteiger partial charge in [-0.15, -0.1) is 0 Å². The first-order valence-electron chi connectivity index (χ1n) is 4.69. The minimum atomic E-state index is 0.351. The smallest absolute Gasteiger partial charge is 0.135 e. The Bertz CT molecular complexity index is 325. The number of allylic oxidation sites excluding steroid dienone is 1. The van der Waals surface area contributed by atoms with Crippen molar-refractivity contribution >= 4 is 5.57 Å². The highest BCUT2D eigenvalue weighted by Crippen LogP contribution is 2.24. The first-order valence-corrected chi connectivity index (χ1v) is 4.69. The molecule has 1 heterocycles. The summed E-state index contributed by atoms with van der Waals surface area (Å²) in [4.78, 5) is 4.32. The van der Waals surface area contributed by atoms with Crippen LogP contribution in [0.1, 0.15) is 25.1 Å². The molecule has 1 unspecified atom stereocenters. The molecular formula is C10H15N3. The van der Waals surface area contributed by atoms with E-state index < -0.39 is 0 Å². The Morgan fingerprint density at radius 3 is 3.00 bits per heavy atom. The predicted molar refractivity (Wildman–Crippen MR) is 53.0 cm³/mol. The lowest BCUT2D eigenvalue weighted by molar-refractivity contribution is 0.611. The molecule has 0 radical (unpaired) electrons. The predicted octanol–water partition coefficient (Wildman–Crippen LogP) is 1.31. The topological polar surface area (TPSA) is 43.8 Å². The van der Waals surface area contributed by atoms with Gasteiger partial charge in [-0.3, -0.25) is 0 Å². The maximum absolute atomic E-state index is 5.82. The van der Waals surface area contributed by atoms with Crippen LogP contribution in [0.25, 0.3) is 5.57 Å². The molecule has 0 fully saturated rings. The van der Waals surface area contributed by atoms with Crippen LogP contribution in [0, 0.1) is 0 Å². The largest absolute Gasteiger partial charge is 0.334 e. The van der Waals surface area contributed by atoms with E-state index in [1.807, 2.05) is 19.4 Å². The second kappa shape index (κ2) is 3.34. The molecule has 1 aliphatic carbocycles. The van der Waals surface area contributed by atoms with Crippen molar-refractivity contribution < 1.29 is 0 Å². The standard InChI is InChI=1S/C10H15N3/c1-13-7-6-12-10(13)8-2-4-9(11)5-3-8/h2,6-7,9H,3-5,11H2,1H3. The lowest BCUT2D eigenvalue weighted by Gasteiger charge is -2.17. The zero-order valence-electron chi connectivity index (χ0n) is 7.90. The maximum Gasteiger partial charge on any atom is 0.135 e. The molecule has 0 bridgehead atoms. The molecule has 0 saturated carbocycles. The van der Waals surface area contributed by atoms with Crippen LogP contribution in [0.4, 0.5) is 0 Å². The van der Waals surface area contributed by atoms with E-state index in [4.69, 9.17) is 5.73 Å². The number of hydrogen-bond acceptors (Lipinski definition) is 2. The Morgan fingerprint density at radius 1 is 1.62 bits per heavy atom. The summed E-state index contributed by atoms with van der Waals surface area (Å²) >= 11 is 0. The Kier molecular flexibility index (Phi) is 2.19. The Morgan fingerprint density at radius 2 is 2.46 bits per heavy atom. The van der Waals surface area contributed by atoms with Gasteiger partial charge in [0.15, 0.2) is 0 Å². The average molecular weight is 177 g/mol. The highest BCUT2D eigenvalue weighted by molar-refractivity contribution is 5.61. The summed E-state index contributed by atoms with van der Waals surface area (Å²) in [5.74, 6) is 1.09. The van der Waals surface area contributed by atoms with Gasteiger partial charge < -0.3 is 10.3 Å². The fraction of sp³-hybridized carbons (Fsp3) is 0.500. The van der Waals surface area contributed by atoms with E-state index in [0.717, 1.165) is 25.1 Å². The highest BCUT2D eigenvalue weighted by atomic mass is 15.0. The number of aromatic nitrogens is 2. The van der Waals surface area contributed by atoms with Crippen molar-refractivity contribution in [2.75, 3.05) is 0 Å². The van der Waals surface area contributed by atoms with E-state index in [1.165, 1.54) is 5.57 Å². The van der Waals surface area contributed by atoms with Gasteiger partial charge in [0.1, 0.15) is 5.82 Å². The summed E-state index contributed by atoms with van der Waals surface area (Å²) in [6, 6.07) is 0.351. The normalized spacial score (nSPS) is 22.9. The van der Waals surface area contributed by atoms with Crippen molar-refractivity contribution in [1.82, 2.24) is 9.55 Å². The van der Waals surface area contributed by atoms with Crippen molar-refractivity contribution in [3.05, 3.63) is 24.3 Å². The number of imidazole rings is 1. The molecule has 13 heavy (non-hydrogen) atoms. The lowest BCUT2D eigenvalue weighted by atomic mass is 9.95. The molecule has 1 aromatic rings. The van der Waals surface area contributed by atoms with Crippen LogP contribution in [0.2, 0.25) is 0 Å². The number of rotatable bonds is 1. The van der Waals surface area contributed by atoms with E-state index in [1.54, 1.807) is 0 Å². The lowest BCUT2D eigenvalue weighted by Crippen LogP contribution is -2.21. The molecule has 2 N–H and O–H groups in total. The molecule has 1 aliphatic rings. The first kappa shape index (κ1) is 8.51. The van der Waals surface area contributed by atoms with Gasteiger partial charge in [-0.05, 0) is 24.8 Å². The fourth-order valence-corrected chi connectivity index (χ4v) is 1.73. The Labute approximate surface area is 78.3 Å². The quantitative estimate of drug-likeness (QED) is 0.703. The van der Waals surface area contributed by atoms with E-state index in [2.05, 4.69) is 15.6 Å². The van der Waals surface area contributed by atoms with E-state index in [-0.39, 0.29) is 0 Å². The molecule has 1 aromatic heterocycles. The zero-order chi connectivity index (χ0) is 9.26. The number of hydrogen-bond donors (Lipinski definition) is 1. The van der Waals surface area contributed by atoms with Crippen LogP contribution >= 0.6 is 0 Å². The van der Waals surface area contributed by atoms with Gasteiger partial charge in [-0.2, -0.15) is 0 Å². The summed E-state index contributed by atoms with van der Waals surface area (Å²) < 4.78 is 2.06. The van der Waals surface area contributed by atoms with Gasteiger partial charge in [-0.25, -0.2) is 4.98 Å². The van der Waals surface area contributed by atoms with E-state index >= 15 is 0 Å². The van der Waals surface area contributed by atoms with Gasteiger partial charge >= 0.3 is 0 Å². The van der Waals surface area contributed by atoms with Crippen LogP contribution in [0.15, 0.2) is 18.5 Å². The molecule has 3 heteroatoms. The third-order valence-corrected chi connectivity index (χ3v) is 2.56. The molecule has 1 atom stereocenters. The van der Waals surface area contributed by atoms with Crippen molar-refractivity contribution in [1.29, 1.82) is 0 Å². The maximum atomic E-state index is 5.82. The van der Waals surface area contributed by atoms with Gasteiger partial charge in [-0.1, -0.05) is 6.08 Å². The van der Waals surface area contributed by atoms with Crippen molar-refractivity contribution in [2.24, 2.45) is 12.8 Å². The third-order valence-electron chi connectivity index (χ3n) is 2.56. The summed E-state index contributed by atoms with van der Waals surface area (Å²) in [6.07, 6.45) is 9.17. The second-order valence-corrected chi connectivity index (χ2v) is 3.63. The van der Waals surface area contributed by atoms with Crippen LogP contribution in [-0.4, -0.2) is 15.6 Å². The summed E-state index contributed by atoms with van der Waals surface area (Å²) in [5.41, 5.74) is 7.16. The van der Waals surface area contributed by atoms with Gasteiger partial charge in [0, 0.05) is 25.5 Å². The van der Waals surface area contributed by atoms with Gasteiger partial charge in [0.05, 0.1) is 0 Å². The summed E-state index contributed by atoms with van der Waals surface area (Å²) in [6.45, 7) is 0. The molecule has 2 rings (SSSR count). The molecule has 0 saturated heterocycles. The van der Waals surface area contributed by atoms with Gasteiger partial charge in [0.25, 0.3) is 0 Å². The molecule has 0 amide bonds. The SMILES string of the molecule is Cn1ccnc1C1=CCC(N)CC1. The molecule has 3 nitrogen and oxygen atoms in total. The molecule has 0 spiro atoms. The molecule has 0 aliphatic heterocycles. The van der Waals surface area contributed by atoms with Crippen molar-refractivity contribution in [3.8, 4) is 0 Å². The summed E-state index contributed by atoms with van der Waals surface area (Å²) in [5, 5.41) is 0. The van der Waals surface area contributed by atoms with Crippen LogP contribution in [0.5, 0.6) is 0 Å². The number of nitrogens with two attached hydrogens (primary N) is 1. The monoisotopic (exact) mass is 177 g/mol. The van der Waals surface area contributed by atoms with Gasteiger partial charge in [0.2, 0.25) is 0 Å². The van der Waals surface area contributed by atoms with E-state index in [9.17, 15) is 0 Å². The molecule has 0 aromatic carbocycles. The highest BCUT2D eigenvalue weighted by Gasteiger charge is 2.13. The van der Waals surface area contributed by atoms with Crippen LogP contribution < -0.4 is 5.73 Å². The Hall–Kier alpha value is -1.09. The summed E-state index contributed by atoms with van der Waals surface area (Å²) in [7, 11) is 2.03. The second-order valence-electron chi connectivity index (χ2n) is 3.63. The minimum Gasteiger partial charge on any atom is -0.334 e. The average Bonchev–Trinajstić information content (AvgIpc) is 2.53. The zero-order valence-corrected chi connectivity index (χ0v) is 7.90. The Balaban J connectivity index is 2.23. The van der Waals surface area contributed by atoms with Crippen LogP contribution in [-0.2, 0) is 7.05 Å². The third kappa shape index (κ3) is 1.65. The molecule has 70 valence electrons. The fourth-order valence-electron chi connectivity index (χ4n) is 1.73. The van der Waals surface area contributed by atoms with Crippen molar-refractivity contribution in [2.45, 2.75) is 25.3 Å². The first-order chi connectivity index (χ1) is 6.27. The van der Waals surface area contributed by atoms with Crippen LogP contribution in [0.3, 0.4) is 0 Å². The number of aryl methyl sites for hydroxylation is 1.